The fourth-order valence-electron chi connectivity index (χ4n) is 2.59. The molecule has 1 aliphatic rings. The maximum absolute atomic E-state index is 9.01. The highest BCUT2D eigenvalue weighted by Gasteiger charge is 2.28. The van der Waals surface area contributed by atoms with Crippen LogP contribution in [-0.4, -0.2) is 41.3 Å². The number of ether oxygens (including phenoxy) is 1. The van der Waals surface area contributed by atoms with Gasteiger partial charge in [0.25, 0.3) is 0 Å². The maximum atomic E-state index is 9.01. The predicted octanol–water partition coefficient (Wildman–Crippen LogP) is 1.41. The highest BCUT2D eigenvalue weighted by Crippen LogP contribution is 2.26. The molecule has 2 rings (SSSR count). The zero-order valence-electron chi connectivity index (χ0n) is 12.4. The van der Waals surface area contributed by atoms with Crippen LogP contribution in [0.25, 0.3) is 0 Å². The Labute approximate surface area is 119 Å². The number of nitrogens with zero attached hydrogens (tertiary/aromatic N) is 3. The number of hydrogen-bond acceptors (Lipinski definition) is 5. The number of morpholine rings is 1. The van der Waals surface area contributed by atoms with E-state index in [-0.39, 0.29) is 18.0 Å². The summed E-state index contributed by atoms with van der Waals surface area (Å²) in [5, 5.41) is 12.2. The van der Waals surface area contributed by atoms with E-state index in [1.54, 1.807) is 0 Å². The number of oxime groups is 1. The number of aryl methyl sites for hydroxylation is 2. The van der Waals surface area contributed by atoms with E-state index in [1.165, 1.54) is 0 Å². The van der Waals surface area contributed by atoms with Crippen LogP contribution in [0, 0.1) is 13.8 Å². The monoisotopic (exact) mass is 278 g/mol. The number of aromatic nitrogens is 1. The quantitative estimate of drug-likeness (QED) is 0.370. The molecule has 2 unspecified atom stereocenters. The van der Waals surface area contributed by atoms with Crippen LogP contribution in [0.5, 0.6) is 0 Å². The Balaban J connectivity index is 2.54. The highest BCUT2D eigenvalue weighted by molar-refractivity contribution is 6.02. The van der Waals surface area contributed by atoms with Crippen molar-refractivity contribution in [2.75, 3.05) is 18.1 Å². The van der Waals surface area contributed by atoms with Crippen LogP contribution >= 0.6 is 0 Å². The summed E-state index contributed by atoms with van der Waals surface area (Å²) in [6, 6.07) is 2.14. The Bertz CT molecular complexity index is 530. The largest absolute Gasteiger partial charge is 0.409 e. The van der Waals surface area contributed by atoms with Gasteiger partial charge >= 0.3 is 0 Å². The molecule has 0 aliphatic carbocycles. The van der Waals surface area contributed by atoms with Gasteiger partial charge < -0.3 is 20.6 Å². The first-order valence-corrected chi connectivity index (χ1v) is 6.78. The molecule has 2 heterocycles. The van der Waals surface area contributed by atoms with Crippen LogP contribution < -0.4 is 10.6 Å². The molecule has 0 amide bonds. The van der Waals surface area contributed by atoms with Crippen molar-refractivity contribution < 1.29 is 9.94 Å². The van der Waals surface area contributed by atoms with Gasteiger partial charge in [0.1, 0.15) is 5.82 Å². The molecule has 0 aromatic carbocycles. The lowest BCUT2D eigenvalue weighted by Crippen LogP contribution is -2.48. The first-order chi connectivity index (χ1) is 9.43. The molecule has 0 bridgehead atoms. The molecule has 0 spiro atoms. The number of rotatable bonds is 2. The van der Waals surface area contributed by atoms with E-state index in [2.05, 4.69) is 22.0 Å². The number of anilines is 1. The first kappa shape index (κ1) is 14.6. The summed E-state index contributed by atoms with van der Waals surface area (Å²) in [7, 11) is 0. The van der Waals surface area contributed by atoms with E-state index >= 15 is 0 Å². The van der Waals surface area contributed by atoms with Crippen molar-refractivity contribution in [3.63, 3.8) is 0 Å². The number of hydrogen-bond donors (Lipinski definition) is 2. The van der Waals surface area contributed by atoms with Crippen molar-refractivity contribution in [1.29, 1.82) is 0 Å². The fraction of sp³-hybridized carbons (Fsp3) is 0.571. The van der Waals surface area contributed by atoms with Gasteiger partial charge in [0.15, 0.2) is 5.84 Å². The molecule has 0 saturated carbocycles. The van der Waals surface area contributed by atoms with E-state index < -0.39 is 0 Å². The maximum Gasteiger partial charge on any atom is 0.174 e. The third-order valence-electron chi connectivity index (χ3n) is 3.57. The van der Waals surface area contributed by atoms with Gasteiger partial charge in [-0.05, 0) is 39.3 Å². The number of nitrogens with two attached hydrogens (primary N) is 1. The average molecular weight is 278 g/mol. The minimum Gasteiger partial charge on any atom is -0.409 e. The number of pyridine rings is 1. The molecule has 1 aromatic heterocycles. The summed E-state index contributed by atoms with van der Waals surface area (Å²) in [6.07, 6.45) is 0.133. The summed E-state index contributed by atoms with van der Waals surface area (Å²) in [4.78, 5) is 6.78. The highest BCUT2D eigenvalue weighted by atomic mass is 16.5. The molecule has 6 heteroatoms. The molecular weight excluding hydrogens is 256 g/mol. The van der Waals surface area contributed by atoms with Crippen LogP contribution in [-0.2, 0) is 4.74 Å². The summed E-state index contributed by atoms with van der Waals surface area (Å²) in [5.41, 5.74) is 8.40. The topological polar surface area (TPSA) is 84.0 Å². The van der Waals surface area contributed by atoms with Crippen LogP contribution in [0.3, 0.4) is 0 Å². The molecule has 1 aliphatic heterocycles. The third kappa shape index (κ3) is 2.70. The van der Waals surface area contributed by atoms with Gasteiger partial charge in [0, 0.05) is 12.2 Å². The summed E-state index contributed by atoms with van der Waals surface area (Å²) in [6.45, 7) is 9.39. The van der Waals surface area contributed by atoms with Crippen molar-refractivity contribution in [2.45, 2.75) is 39.8 Å². The van der Waals surface area contributed by atoms with Crippen molar-refractivity contribution in [2.24, 2.45) is 10.9 Å². The molecule has 6 nitrogen and oxygen atoms in total. The lowest BCUT2D eigenvalue weighted by Gasteiger charge is -2.38. The lowest BCUT2D eigenvalue weighted by atomic mass is 10.1. The Hall–Kier alpha value is -1.82. The number of amidine groups is 1. The zero-order valence-corrected chi connectivity index (χ0v) is 12.4. The molecule has 1 aromatic rings. The molecule has 3 N–H and O–H groups in total. The van der Waals surface area contributed by atoms with E-state index in [4.69, 9.17) is 15.7 Å². The third-order valence-corrected chi connectivity index (χ3v) is 3.57. The first-order valence-electron chi connectivity index (χ1n) is 6.78. The Morgan fingerprint density at radius 1 is 1.50 bits per heavy atom. The van der Waals surface area contributed by atoms with Gasteiger partial charge in [-0.15, -0.1) is 0 Å². The zero-order chi connectivity index (χ0) is 14.9. The van der Waals surface area contributed by atoms with Crippen molar-refractivity contribution in [3.05, 3.63) is 22.9 Å². The Morgan fingerprint density at radius 3 is 2.85 bits per heavy atom. The second kappa shape index (κ2) is 5.66. The van der Waals surface area contributed by atoms with Crippen LogP contribution in [0.2, 0.25) is 0 Å². The lowest BCUT2D eigenvalue weighted by molar-refractivity contribution is 0.0340. The van der Waals surface area contributed by atoms with Crippen molar-refractivity contribution in [1.82, 2.24) is 4.98 Å². The van der Waals surface area contributed by atoms with Crippen molar-refractivity contribution in [3.8, 4) is 0 Å². The predicted molar refractivity (Wildman–Crippen MR) is 78.4 cm³/mol. The fourth-order valence-corrected chi connectivity index (χ4v) is 2.59. The second-order valence-electron chi connectivity index (χ2n) is 5.41. The van der Waals surface area contributed by atoms with E-state index in [0.717, 1.165) is 23.6 Å². The van der Waals surface area contributed by atoms with E-state index in [0.29, 0.717) is 12.2 Å². The normalized spacial score (nSPS) is 24.0. The second-order valence-corrected chi connectivity index (χ2v) is 5.41. The van der Waals surface area contributed by atoms with E-state index in [9.17, 15) is 0 Å². The van der Waals surface area contributed by atoms with Gasteiger partial charge in [-0.1, -0.05) is 5.16 Å². The summed E-state index contributed by atoms with van der Waals surface area (Å²) >= 11 is 0. The van der Waals surface area contributed by atoms with Gasteiger partial charge in [-0.2, -0.15) is 0 Å². The molecule has 2 atom stereocenters. The summed E-state index contributed by atoms with van der Waals surface area (Å²) < 4.78 is 5.65. The SMILES string of the molecule is Cc1cc(C)c(/C(N)=N/O)c(N2CC(C)OCC2C)n1. The molecule has 1 fully saturated rings. The van der Waals surface area contributed by atoms with Gasteiger partial charge in [-0.25, -0.2) is 4.98 Å². The molecule has 1 saturated heterocycles. The molecule has 110 valence electrons. The van der Waals surface area contributed by atoms with Crippen LogP contribution in [0.1, 0.15) is 30.7 Å². The molecular formula is C14H22N4O2. The standard InChI is InChI=1S/C14H22N4O2/c1-8-5-9(2)16-14(12(8)13(15)17-19)18-6-11(4)20-7-10(18)3/h5,10-11,19H,6-7H2,1-4H3,(H2,15,17). The minimum atomic E-state index is 0.0938. The molecule has 20 heavy (non-hydrogen) atoms. The van der Waals surface area contributed by atoms with Gasteiger partial charge in [0.05, 0.1) is 24.3 Å². The Kier molecular flexibility index (Phi) is 4.13. The average Bonchev–Trinajstić information content (AvgIpc) is 2.40. The van der Waals surface area contributed by atoms with Gasteiger partial charge in [-0.3, -0.25) is 0 Å². The summed E-state index contributed by atoms with van der Waals surface area (Å²) in [5.74, 6) is 0.858. The smallest absolute Gasteiger partial charge is 0.174 e. The Morgan fingerprint density at radius 2 is 2.20 bits per heavy atom. The molecule has 0 radical (unpaired) electrons. The van der Waals surface area contributed by atoms with Crippen molar-refractivity contribution >= 4 is 11.7 Å². The van der Waals surface area contributed by atoms with Crippen LogP contribution in [0.15, 0.2) is 11.2 Å². The van der Waals surface area contributed by atoms with Gasteiger partial charge in [0.2, 0.25) is 0 Å². The van der Waals surface area contributed by atoms with E-state index in [1.807, 2.05) is 26.8 Å². The van der Waals surface area contributed by atoms with Crippen LogP contribution in [0.4, 0.5) is 5.82 Å². The minimum absolute atomic E-state index is 0.0938.